The summed E-state index contributed by atoms with van der Waals surface area (Å²) in [6, 6.07) is 18.8. The van der Waals surface area contributed by atoms with Gasteiger partial charge in [-0.2, -0.15) is 0 Å². The summed E-state index contributed by atoms with van der Waals surface area (Å²) in [6.45, 7) is 4.85. The molecule has 0 spiro atoms. The molecule has 0 aliphatic carbocycles. The van der Waals surface area contributed by atoms with Gasteiger partial charge in [0.2, 0.25) is 0 Å². The number of esters is 1. The number of ether oxygens (including phenoxy) is 2. The summed E-state index contributed by atoms with van der Waals surface area (Å²) >= 11 is 18.1. The van der Waals surface area contributed by atoms with Gasteiger partial charge in [-0.05, 0) is 85.7 Å². The van der Waals surface area contributed by atoms with Gasteiger partial charge in [0.1, 0.15) is 5.75 Å². The van der Waals surface area contributed by atoms with E-state index in [2.05, 4.69) is 5.32 Å². The molecule has 0 bridgehead atoms. The number of amides is 1. The van der Waals surface area contributed by atoms with Crippen LogP contribution in [0.15, 0.2) is 66.7 Å². The predicted molar refractivity (Wildman–Crippen MR) is 147 cm³/mol. The Bertz CT molecular complexity index is 1230. The predicted octanol–water partition coefficient (Wildman–Crippen LogP) is 6.68. The van der Waals surface area contributed by atoms with Crippen molar-refractivity contribution in [2.75, 3.05) is 18.1 Å². The van der Waals surface area contributed by atoms with Gasteiger partial charge in [-0.15, -0.1) is 0 Å². The van der Waals surface area contributed by atoms with Crippen LogP contribution in [0.5, 0.6) is 5.75 Å². The molecule has 0 saturated carbocycles. The summed E-state index contributed by atoms with van der Waals surface area (Å²) in [4.78, 5) is 26.8. The van der Waals surface area contributed by atoms with Gasteiger partial charge in [0.15, 0.2) is 5.11 Å². The van der Waals surface area contributed by atoms with Crippen LogP contribution in [-0.2, 0) is 11.3 Å². The quantitative estimate of drug-likeness (QED) is 0.239. The molecule has 3 rings (SSSR count). The molecule has 188 valence electrons. The lowest BCUT2D eigenvalue weighted by Crippen LogP contribution is -2.42. The topological polar surface area (TPSA) is 67.9 Å². The number of halogens is 2. The Morgan fingerprint density at radius 2 is 1.72 bits per heavy atom. The lowest BCUT2D eigenvalue weighted by molar-refractivity contribution is 0.0526. The highest BCUT2D eigenvalue weighted by molar-refractivity contribution is 7.80. The molecule has 3 aromatic carbocycles. The van der Waals surface area contributed by atoms with Gasteiger partial charge < -0.3 is 14.4 Å². The highest BCUT2D eigenvalue weighted by Gasteiger charge is 2.19. The number of carbonyl (C=O) groups excluding carboxylic acids is 2. The fourth-order valence-electron chi connectivity index (χ4n) is 3.28. The first-order chi connectivity index (χ1) is 17.3. The summed E-state index contributed by atoms with van der Waals surface area (Å²) in [5.41, 5.74) is 2.22. The molecule has 0 aromatic heterocycles. The Labute approximate surface area is 226 Å². The van der Waals surface area contributed by atoms with Crippen LogP contribution in [-0.4, -0.2) is 30.2 Å². The zero-order valence-electron chi connectivity index (χ0n) is 19.9. The van der Waals surface area contributed by atoms with Crippen LogP contribution in [0, 0.1) is 0 Å². The molecule has 1 amide bonds. The van der Waals surface area contributed by atoms with Crippen LogP contribution in [0.4, 0.5) is 5.69 Å². The average Bonchev–Trinajstić information content (AvgIpc) is 2.87. The van der Waals surface area contributed by atoms with E-state index in [1.165, 1.54) is 0 Å². The molecule has 1 N–H and O–H groups in total. The van der Waals surface area contributed by atoms with E-state index in [0.29, 0.717) is 39.2 Å². The maximum Gasteiger partial charge on any atom is 0.338 e. The van der Waals surface area contributed by atoms with Crippen molar-refractivity contribution < 1.29 is 19.1 Å². The van der Waals surface area contributed by atoms with E-state index in [0.717, 1.165) is 12.0 Å². The number of nitrogens with zero attached hydrogens (tertiary/aromatic N) is 1. The zero-order chi connectivity index (χ0) is 26.1. The maximum atomic E-state index is 13.0. The normalized spacial score (nSPS) is 10.4. The molecule has 0 heterocycles. The maximum absolute atomic E-state index is 13.0. The van der Waals surface area contributed by atoms with Crippen molar-refractivity contribution in [2.24, 2.45) is 0 Å². The van der Waals surface area contributed by atoms with Gasteiger partial charge >= 0.3 is 5.97 Å². The number of anilines is 1. The van der Waals surface area contributed by atoms with Crippen LogP contribution < -0.4 is 15.0 Å². The van der Waals surface area contributed by atoms with Crippen LogP contribution in [0.1, 0.15) is 46.5 Å². The summed E-state index contributed by atoms with van der Waals surface area (Å²) < 4.78 is 10.7. The van der Waals surface area contributed by atoms with Gasteiger partial charge in [-0.1, -0.05) is 42.3 Å². The summed E-state index contributed by atoms with van der Waals surface area (Å²) in [6.07, 6.45) is 0.859. The van der Waals surface area contributed by atoms with E-state index >= 15 is 0 Å². The molecular formula is C27H26Cl2N2O4S. The van der Waals surface area contributed by atoms with Crippen molar-refractivity contribution >= 4 is 58.1 Å². The molecule has 0 unspecified atom stereocenters. The van der Waals surface area contributed by atoms with Gasteiger partial charge in [0.25, 0.3) is 5.91 Å². The van der Waals surface area contributed by atoms with E-state index in [9.17, 15) is 9.59 Å². The Morgan fingerprint density at radius 3 is 2.39 bits per heavy atom. The van der Waals surface area contributed by atoms with Crippen molar-refractivity contribution in [1.29, 1.82) is 0 Å². The van der Waals surface area contributed by atoms with E-state index in [4.69, 9.17) is 44.9 Å². The minimum Gasteiger partial charge on any atom is -0.494 e. The fraction of sp³-hybridized carbons (Fsp3) is 0.222. The second kappa shape index (κ2) is 13.3. The second-order valence-corrected chi connectivity index (χ2v) is 8.96. The Balaban J connectivity index is 1.86. The highest BCUT2D eigenvalue weighted by atomic mass is 35.5. The molecule has 0 aliphatic rings. The fourth-order valence-corrected chi connectivity index (χ4v) is 4.01. The van der Waals surface area contributed by atoms with E-state index in [1.807, 2.05) is 6.92 Å². The Hall–Kier alpha value is -3.13. The lowest BCUT2D eigenvalue weighted by Gasteiger charge is -2.26. The van der Waals surface area contributed by atoms with Crippen molar-refractivity contribution in [1.82, 2.24) is 5.32 Å². The highest BCUT2D eigenvalue weighted by Crippen LogP contribution is 2.26. The first-order valence-electron chi connectivity index (χ1n) is 11.4. The smallest absolute Gasteiger partial charge is 0.338 e. The van der Waals surface area contributed by atoms with Gasteiger partial charge in [0.05, 0.1) is 25.3 Å². The number of carbonyl (C=O) groups is 2. The van der Waals surface area contributed by atoms with Crippen LogP contribution in [0.2, 0.25) is 10.0 Å². The third-order valence-corrected chi connectivity index (χ3v) is 5.98. The molecule has 0 fully saturated rings. The number of hydrogen-bond donors (Lipinski definition) is 1. The van der Waals surface area contributed by atoms with Crippen molar-refractivity contribution in [3.63, 3.8) is 0 Å². The molecule has 36 heavy (non-hydrogen) atoms. The molecule has 9 heteroatoms. The first kappa shape index (κ1) is 27.5. The number of thiocarbonyl (C=S) groups is 1. The molecule has 0 saturated heterocycles. The van der Waals surface area contributed by atoms with Crippen LogP contribution >= 0.6 is 35.4 Å². The SMILES string of the molecule is CCCOc1cccc(C(=O)NC(=S)N(Cc2ccc(Cl)cc2Cl)c2ccc(C(=O)OCC)cc2)c1. The average molecular weight is 545 g/mol. The standard InChI is InChI=1S/C27H26Cl2N2O4S/c1-3-14-35-23-7-5-6-19(15-23)25(32)30-27(36)31(17-20-8-11-21(28)16-24(20)29)22-12-9-18(10-13-22)26(33)34-4-2/h5-13,15-16H,3-4,14,17H2,1-2H3,(H,30,32,36). The van der Waals surface area contributed by atoms with Gasteiger partial charge in [-0.25, -0.2) is 4.79 Å². The zero-order valence-corrected chi connectivity index (χ0v) is 22.3. The Morgan fingerprint density at radius 1 is 0.972 bits per heavy atom. The third-order valence-electron chi connectivity index (χ3n) is 5.07. The van der Waals surface area contributed by atoms with Crippen molar-refractivity contribution in [3.05, 3.63) is 93.5 Å². The monoisotopic (exact) mass is 544 g/mol. The summed E-state index contributed by atoms with van der Waals surface area (Å²) in [7, 11) is 0. The minimum atomic E-state index is -0.419. The summed E-state index contributed by atoms with van der Waals surface area (Å²) in [5.74, 6) is -0.190. The Kier molecular flexibility index (Phi) is 10.1. The van der Waals surface area contributed by atoms with Crippen molar-refractivity contribution in [3.8, 4) is 5.75 Å². The third kappa shape index (κ3) is 7.43. The molecule has 6 nitrogen and oxygen atoms in total. The number of nitrogens with one attached hydrogen (secondary N) is 1. The minimum absolute atomic E-state index is 0.162. The number of rotatable bonds is 9. The first-order valence-corrected chi connectivity index (χ1v) is 12.6. The van der Waals surface area contributed by atoms with Crippen LogP contribution in [0.25, 0.3) is 0 Å². The van der Waals surface area contributed by atoms with Crippen molar-refractivity contribution in [2.45, 2.75) is 26.8 Å². The lowest BCUT2D eigenvalue weighted by atomic mass is 10.1. The molecule has 0 radical (unpaired) electrons. The molecule has 3 aromatic rings. The molecule has 0 atom stereocenters. The largest absolute Gasteiger partial charge is 0.494 e. The van der Waals surface area contributed by atoms with E-state index in [1.54, 1.807) is 78.6 Å². The van der Waals surface area contributed by atoms with E-state index in [-0.39, 0.29) is 24.2 Å². The van der Waals surface area contributed by atoms with E-state index < -0.39 is 5.97 Å². The van der Waals surface area contributed by atoms with Gasteiger partial charge in [-0.3, -0.25) is 10.1 Å². The molecule has 0 aliphatic heterocycles. The van der Waals surface area contributed by atoms with Gasteiger partial charge in [0, 0.05) is 21.3 Å². The second-order valence-electron chi connectivity index (χ2n) is 7.72. The molecular weight excluding hydrogens is 519 g/mol. The van der Waals surface area contributed by atoms with Crippen LogP contribution in [0.3, 0.4) is 0 Å². The number of hydrogen-bond acceptors (Lipinski definition) is 5. The summed E-state index contributed by atoms with van der Waals surface area (Å²) in [5, 5.41) is 3.92. The number of benzene rings is 3.